The van der Waals surface area contributed by atoms with Gasteiger partial charge >= 0.3 is 23.9 Å². The minimum atomic E-state index is -2.52. The Labute approximate surface area is 110 Å². The average molecular weight is 278 g/mol. The highest BCUT2D eigenvalue weighted by molar-refractivity contribution is 6.16. The van der Waals surface area contributed by atoms with Crippen LogP contribution in [-0.2, 0) is 23.9 Å². The summed E-state index contributed by atoms with van der Waals surface area (Å²) in [6.45, 7) is 4.03. The number of carbonyl (C=O) groups excluding carboxylic acids is 1. The quantitative estimate of drug-likeness (QED) is 0.474. The lowest BCUT2D eigenvalue weighted by atomic mass is 9.91. The van der Waals surface area contributed by atoms with Crippen LogP contribution in [0.2, 0.25) is 0 Å². The number of ether oxygens (including phenoxy) is 1. The van der Waals surface area contributed by atoms with Crippen LogP contribution in [0.1, 0.15) is 33.6 Å². The summed E-state index contributed by atoms with van der Waals surface area (Å²) in [5.41, 5.74) is -2.52. The average Bonchev–Trinajstić information content (AvgIpc) is 2.28. The van der Waals surface area contributed by atoms with Crippen LogP contribution in [0.3, 0.4) is 0 Å². The van der Waals surface area contributed by atoms with Crippen molar-refractivity contribution in [3.05, 3.63) is 0 Å². The third-order valence-corrected chi connectivity index (χ3v) is 2.00. The summed E-state index contributed by atoms with van der Waals surface area (Å²) in [5.74, 6) is -5.45. The molecule has 0 aromatic rings. The number of aliphatic carboxylic acids is 3. The molecule has 0 fully saturated rings. The van der Waals surface area contributed by atoms with Gasteiger partial charge in [-0.2, -0.15) is 0 Å². The van der Waals surface area contributed by atoms with Gasteiger partial charge in [0.1, 0.15) is 0 Å². The molecule has 0 aliphatic carbocycles. The van der Waals surface area contributed by atoms with Gasteiger partial charge in [-0.3, -0.25) is 19.2 Å². The molecule has 0 heterocycles. The van der Waals surface area contributed by atoms with Crippen molar-refractivity contribution in [2.75, 3.05) is 6.61 Å². The Balaban J connectivity index is 0. The number of hydrogen-bond donors (Lipinski definition) is 3. The fourth-order valence-corrected chi connectivity index (χ4v) is 0.755. The molecule has 0 aliphatic rings. The van der Waals surface area contributed by atoms with E-state index in [1.54, 1.807) is 0 Å². The third-order valence-electron chi connectivity index (χ3n) is 2.00. The van der Waals surface area contributed by atoms with Crippen LogP contribution in [0.25, 0.3) is 0 Å². The second-order valence-corrected chi connectivity index (χ2v) is 3.60. The lowest BCUT2D eigenvalue weighted by Gasteiger charge is -2.16. The first-order valence-corrected chi connectivity index (χ1v) is 5.50. The molecule has 0 spiro atoms. The molecule has 8 nitrogen and oxygen atoms in total. The largest absolute Gasteiger partial charge is 0.481 e. The molecule has 0 amide bonds. The van der Waals surface area contributed by atoms with Crippen molar-refractivity contribution in [1.82, 2.24) is 0 Å². The summed E-state index contributed by atoms with van der Waals surface area (Å²) in [5, 5.41) is 25.0. The number of carboxylic acids is 3. The summed E-state index contributed by atoms with van der Waals surface area (Å²) in [6.07, 6.45) is 1.02. The van der Waals surface area contributed by atoms with Gasteiger partial charge in [0.05, 0.1) is 6.61 Å². The van der Waals surface area contributed by atoms with Crippen LogP contribution in [0.5, 0.6) is 0 Å². The predicted octanol–water partition coefficient (Wildman–Crippen LogP) is 0.596. The lowest BCUT2D eigenvalue weighted by molar-refractivity contribution is -0.176. The molecule has 0 radical (unpaired) electrons. The van der Waals surface area contributed by atoms with Crippen LogP contribution in [0.15, 0.2) is 0 Å². The summed E-state index contributed by atoms with van der Waals surface area (Å²) < 4.78 is 4.33. The van der Waals surface area contributed by atoms with Crippen LogP contribution in [0.4, 0.5) is 0 Å². The van der Waals surface area contributed by atoms with Crippen molar-refractivity contribution in [3.63, 3.8) is 0 Å². The summed E-state index contributed by atoms with van der Waals surface area (Å²) >= 11 is 0. The van der Waals surface area contributed by atoms with Crippen molar-refractivity contribution in [2.45, 2.75) is 33.6 Å². The molecule has 8 heteroatoms. The molecule has 0 aliphatic heterocycles. The van der Waals surface area contributed by atoms with E-state index in [2.05, 4.69) is 4.74 Å². The topological polar surface area (TPSA) is 138 Å². The van der Waals surface area contributed by atoms with Gasteiger partial charge in [0.25, 0.3) is 5.41 Å². The van der Waals surface area contributed by atoms with E-state index >= 15 is 0 Å². The summed E-state index contributed by atoms with van der Waals surface area (Å²) in [4.78, 5) is 41.6. The first kappa shape index (κ1) is 19.2. The molecule has 0 rings (SSSR count). The fourth-order valence-electron chi connectivity index (χ4n) is 0.755. The molecular formula is C11H18O8. The van der Waals surface area contributed by atoms with Gasteiger partial charge in [0, 0.05) is 6.42 Å². The Morgan fingerprint density at radius 3 is 1.58 bits per heavy atom. The van der Waals surface area contributed by atoms with E-state index in [4.69, 9.17) is 15.3 Å². The first-order chi connectivity index (χ1) is 8.64. The van der Waals surface area contributed by atoms with Gasteiger partial charge in [-0.25, -0.2) is 0 Å². The Hall–Kier alpha value is -2.12. The molecule has 0 saturated carbocycles. The highest BCUT2D eigenvalue weighted by atomic mass is 16.5. The van der Waals surface area contributed by atoms with E-state index in [0.29, 0.717) is 6.42 Å². The van der Waals surface area contributed by atoms with E-state index < -0.39 is 29.3 Å². The van der Waals surface area contributed by atoms with Crippen LogP contribution in [-0.4, -0.2) is 45.8 Å². The standard InChI is InChI=1S/C7H10O6.C4H8O2/c1-3-13-6(12)7(2,4(8)9)5(10)11;1-2-3-4(5)6/h3H2,1-2H3,(H,8,9)(H,10,11);2-3H2,1H3,(H,5,6). The highest BCUT2D eigenvalue weighted by Gasteiger charge is 2.50. The second-order valence-electron chi connectivity index (χ2n) is 3.60. The zero-order valence-corrected chi connectivity index (χ0v) is 11.0. The molecular weight excluding hydrogens is 260 g/mol. The number of carbonyl (C=O) groups is 4. The minimum absolute atomic E-state index is 0.0605. The number of carboxylic acid groups (broad SMARTS) is 3. The van der Waals surface area contributed by atoms with E-state index in [1.807, 2.05) is 6.92 Å². The summed E-state index contributed by atoms with van der Waals surface area (Å²) in [6, 6.07) is 0. The fraction of sp³-hybridized carbons (Fsp3) is 0.636. The second kappa shape index (κ2) is 8.90. The van der Waals surface area contributed by atoms with Crippen molar-refractivity contribution >= 4 is 23.9 Å². The molecule has 110 valence electrons. The van der Waals surface area contributed by atoms with E-state index in [0.717, 1.165) is 13.3 Å². The lowest BCUT2D eigenvalue weighted by Crippen LogP contribution is -2.44. The van der Waals surface area contributed by atoms with Crippen LogP contribution in [0, 0.1) is 5.41 Å². The maximum absolute atomic E-state index is 11.0. The SMILES string of the molecule is CCCC(=O)O.CCOC(=O)C(C)(C(=O)O)C(=O)O. The van der Waals surface area contributed by atoms with Crippen molar-refractivity contribution in [1.29, 1.82) is 0 Å². The molecule has 19 heavy (non-hydrogen) atoms. The van der Waals surface area contributed by atoms with Gasteiger partial charge in [-0.1, -0.05) is 6.92 Å². The highest BCUT2D eigenvalue weighted by Crippen LogP contribution is 2.19. The normalized spacial score (nSPS) is 9.84. The Kier molecular flexibility index (Phi) is 9.00. The van der Waals surface area contributed by atoms with E-state index in [1.165, 1.54) is 6.92 Å². The molecule has 0 bridgehead atoms. The Morgan fingerprint density at radius 1 is 1.00 bits per heavy atom. The van der Waals surface area contributed by atoms with Gasteiger partial charge in [0.2, 0.25) is 0 Å². The number of rotatable bonds is 6. The van der Waals surface area contributed by atoms with Gasteiger partial charge in [-0.05, 0) is 20.3 Å². The third kappa shape index (κ3) is 6.39. The van der Waals surface area contributed by atoms with Crippen LogP contribution >= 0.6 is 0 Å². The number of esters is 1. The summed E-state index contributed by atoms with van der Waals surface area (Å²) in [7, 11) is 0. The Bertz CT molecular complexity index is 333. The van der Waals surface area contributed by atoms with Crippen molar-refractivity contribution < 1.29 is 39.2 Å². The molecule has 0 saturated heterocycles. The molecule has 0 atom stereocenters. The van der Waals surface area contributed by atoms with Gasteiger partial charge in [-0.15, -0.1) is 0 Å². The van der Waals surface area contributed by atoms with Crippen molar-refractivity contribution in [2.24, 2.45) is 5.41 Å². The van der Waals surface area contributed by atoms with E-state index in [9.17, 15) is 19.2 Å². The molecule has 0 aromatic heterocycles. The number of hydrogen-bond acceptors (Lipinski definition) is 5. The predicted molar refractivity (Wildman–Crippen MR) is 62.6 cm³/mol. The Morgan fingerprint density at radius 2 is 1.42 bits per heavy atom. The monoisotopic (exact) mass is 278 g/mol. The smallest absolute Gasteiger partial charge is 0.334 e. The molecule has 3 N–H and O–H groups in total. The van der Waals surface area contributed by atoms with Gasteiger partial charge in [0.15, 0.2) is 0 Å². The first-order valence-electron chi connectivity index (χ1n) is 5.50. The van der Waals surface area contributed by atoms with Gasteiger partial charge < -0.3 is 20.1 Å². The maximum Gasteiger partial charge on any atom is 0.334 e. The van der Waals surface area contributed by atoms with Crippen LogP contribution < -0.4 is 0 Å². The maximum atomic E-state index is 11.0. The minimum Gasteiger partial charge on any atom is -0.481 e. The zero-order valence-electron chi connectivity index (χ0n) is 11.0. The molecule has 0 unspecified atom stereocenters. The van der Waals surface area contributed by atoms with Crippen molar-refractivity contribution in [3.8, 4) is 0 Å². The molecule has 0 aromatic carbocycles. The zero-order chi connectivity index (χ0) is 15.6. The van der Waals surface area contributed by atoms with E-state index in [-0.39, 0.29) is 6.61 Å².